The molecule has 1 aromatic rings. The largest absolute Gasteiger partial charge is 0.352 e. The van der Waals surface area contributed by atoms with Crippen LogP contribution in [0.25, 0.3) is 0 Å². The van der Waals surface area contributed by atoms with E-state index in [4.69, 9.17) is 0 Å². The van der Waals surface area contributed by atoms with Crippen molar-refractivity contribution in [3.63, 3.8) is 0 Å². The van der Waals surface area contributed by atoms with Crippen LogP contribution in [-0.2, 0) is 11.3 Å². The Morgan fingerprint density at radius 1 is 1.40 bits per heavy atom. The number of carbonyl (C=O) groups is 1. The Hall–Kier alpha value is -1.39. The molecule has 2 aliphatic rings. The molecule has 5 nitrogen and oxygen atoms in total. The molecule has 0 aliphatic heterocycles. The highest BCUT2D eigenvalue weighted by Crippen LogP contribution is 2.49. The van der Waals surface area contributed by atoms with Crippen molar-refractivity contribution in [2.45, 2.75) is 59.0 Å². The molecular weight excluding hydrogens is 252 g/mol. The fraction of sp³-hybridized carbons (Fsp3) is 0.800. The highest BCUT2D eigenvalue weighted by molar-refractivity contribution is 5.76. The normalized spacial score (nSPS) is 29.6. The number of nitrogens with zero attached hydrogens (tertiary/aromatic N) is 3. The van der Waals surface area contributed by atoms with E-state index in [1.54, 1.807) is 4.68 Å². The van der Waals surface area contributed by atoms with Crippen molar-refractivity contribution < 1.29 is 4.79 Å². The first-order chi connectivity index (χ1) is 9.52. The summed E-state index contributed by atoms with van der Waals surface area (Å²) >= 11 is 0. The van der Waals surface area contributed by atoms with E-state index < -0.39 is 0 Å². The quantitative estimate of drug-likeness (QED) is 0.912. The molecule has 4 atom stereocenters. The molecule has 1 heterocycles. The van der Waals surface area contributed by atoms with Gasteiger partial charge in [-0.1, -0.05) is 6.42 Å². The van der Waals surface area contributed by atoms with Gasteiger partial charge in [0.1, 0.15) is 18.2 Å². The summed E-state index contributed by atoms with van der Waals surface area (Å²) in [4.78, 5) is 16.4. The first kappa shape index (κ1) is 13.6. The summed E-state index contributed by atoms with van der Waals surface area (Å²) < 4.78 is 1.68. The summed E-state index contributed by atoms with van der Waals surface area (Å²) in [7, 11) is 0. The fourth-order valence-electron chi connectivity index (χ4n) is 4.16. The first-order valence-electron chi connectivity index (χ1n) is 7.70. The Balaban J connectivity index is 1.55. The van der Waals surface area contributed by atoms with Gasteiger partial charge >= 0.3 is 0 Å². The van der Waals surface area contributed by atoms with Crippen LogP contribution >= 0.6 is 0 Å². The zero-order chi connectivity index (χ0) is 14.3. The summed E-state index contributed by atoms with van der Waals surface area (Å²) in [5.74, 6) is 4.00. The predicted molar refractivity (Wildman–Crippen MR) is 76.0 cm³/mol. The van der Waals surface area contributed by atoms with Gasteiger partial charge in [-0.25, -0.2) is 9.67 Å². The van der Waals surface area contributed by atoms with Gasteiger partial charge in [-0.15, -0.1) is 0 Å². The third-order valence-electron chi connectivity index (χ3n) is 5.08. The van der Waals surface area contributed by atoms with E-state index in [9.17, 15) is 4.79 Å². The standard InChI is InChI=1S/C15H24N4O/c1-9(14-7-12-4-5-13(14)6-12)16-15(20)8-19-11(3)17-10(2)18-19/h9,12-14H,4-8H2,1-3H3,(H,16,20)/t9-,12+,13+,14-/m1/s1. The highest BCUT2D eigenvalue weighted by atomic mass is 16.2. The van der Waals surface area contributed by atoms with Gasteiger partial charge in [0.15, 0.2) is 0 Å². The number of aromatic nitrogens is 3. The summed E-state index contributed by atoms with van der Waals surface area (Å²) in [5, 5.41) is 7.40. The third-order valence-corrected chi connectivity index (χ3v) is 5.08. The number of fused-ring (bicyclic) bond motifs is 2. The van der Waals surface area contributed by atoms with Crippen LogP contribution in [-0.4, -0.2) is 26.7 Å². The van der Waals surface area contributed by atoms with Crippen LogP contribution in [0.15, 0.2) is 0 Å². The third kappa shape index (κ3) is 2.58. The van der Waals surface area contributed by atoms with Gasteiger partial charge < -0.3 is 5.32 Å². The van der Waals surface area contributed by atoms with Gasteiger partial charge in [-0.2, -0.15) is 5.10 Å². The number of aryl methyl sites for hydroxylation is 2. The molecule has 0 spiro atoms. The highest BCUT2D eigenvalue weighted by Gasteiger charge is 2.42. The summed E-state index contributed by atoms with van der Waals surface area (Å²) in [5.41, 5.74) is 0. The number of amides is 1. The predicted octanol–water partition coefficient (Wildman–Crippen LogP) is 1.84. The van der Waals surface area contributed by atoms with E-state index in [-0.39, 0.29) is 18.5 Å². The molecule has 0 aromatic carbocycles. The molecule has 2 saturated carbocycles. The van der Waals surface area contributed by atoms with E-state index in [0.29, 0.717) is 5.92 Å². The fourth-order valence-corrected chi connectivity index (χ4v) is 4.16. The minimum absolute atomic E-state index is 0.0493. The second-order valence-electron chi connectivity index (χ2n) is 6.56. The molecule has 1 aromatic heterocycles. The molecule has 5 heteroatoms. The van der Waals surface area contributed by atoms with Crippen LogP contribution in [0, 0.1) is 31.6 Å². The lowest BCUT2D eigenvalue weighted by Crippen LogP contribution is -2.41. The van der Waals surface area contributed by atoms with Gasteiger partial charge in [0, 0.05) is 6.04 Å². The van der Waals surface area contributed by atoms with Gasteiger partial charge in [-0.05, 0) is 57.8 Å². The zero-order valence-electron chi connectivity index (χ0n) is 12.6. The van der Waals surface area contributed by atoms with Crippen LogP contribution in [0.3, 0.4) is 0 Å². The van der Waals surface area contributed by atoms with Gasteiger partial charge in [0.2, 0.25) is 5.91 Å². The number of nitrogens with one attached hydrogen (secondary N) is 1. The molecule has 0 radical (unpaired) electrons. The molecule has 20 heavy (non-hydrogen) atoms. The van der Waals surface area contributed by atoms with E-state index in [1.165, 1.54) is 25.7 Å². The van der Waals surface area contributed by atoms with Crippen molar-refractivity contribution in [3.8, 4) is 0 Å². The summed E-state index contributed by atoms with van der Waals surface area (Å²) in [6.07, 6.45) is 5.44. The average molecular weight is 276 g/mol. The molecule has 2 bridgehead atoms. The molecule has 110 valence electrons. The second-order valence-corrected chi connectivity index (χ2v) is 6.56. The second kappa shape index (κ2) is 5.19. The van der Waals surface area contributed by atoms with Crippen molar-refractivity contribution in [2.24, 2.45) is 17.8 Å². The van der Waals surface area contributed by atoms with E-state index in [1.807, 2.05) is 13.8 Å². The van der Waals surface area contributed by atoms with Crippen molar-refractivity contribution in [1.82, 2.24) is 20.1 Å². The molecule has 0 saturated heterocycles. The van der Waals surface area contributed by atoms with Crippen molar-refractivity contribution in [2.75, 3.05) is 0 Å². The maximum absolute atomic E-state index is 12.1. The monoisotopic (exact) mass is 276 g/mol. The van der Waals surface area contributed by atoms with Crippen LogP contribution in [0.4, 0.5) is 0 Å². The van der Waals surface area contributed by atoms with E-state index in [2.05, 4.69) is 22.3 Å². The van der Waals surface area contributed by atoms with E-state index in [0.717, 1.165) is 23.5 Å². The Morgan fingerprint density at radius 3 is 2.75 bits per heavy atom. The number of carbonyl (C=O) groups excluding carboxylic acids is 1. The number of hydrogen-bond acceptors (Lipinski definition) is 3. The molecule has 0 unspecified atom stereocenters. The molecule has 2 fully saturated rings. The smallest absolute Gasteiger partial charge is 0.242 e. The van der Waals surface area contributed by atoms with E-state index >= 15 is 0 Å². The Bertz CT molecular complexity index is 510. The molecule has 2 aliphatic carbocycles. The molecular formula is C15H24N4O. The lowest BCUT2D eigenvalue weighted by atomic mass is 9.84. The number of hydrogen-bond donors (Lipinski definition) is 1. The van der Waals surface area contributed by atoms with Crippen LogP contribution in [0.2, 0.25) is 0 Å². The zero-order valence-corrected chi connectivity index (χ0v) is 12.6. The lowest BCUT2D eigenvalue weighted by molar-refractivity contribution is -0.123. The van der Waals surface area contributed by atoms with Crippen molar-refractivity contribution in [3.05, 3.63) is 11.6 Å². The Labute approximate surface area is 120 Å². The summed E-state index contributed by atoms with van der Waals surface area (Å²) in [6.45, 7) is 6.16. The van der Waals surface area contributed by atoms with Crippen LogP contribution < -0.4 is 5.32 Å². The minimum Gasteiger partial charge on any atom is -0.352 e. The maximum Gasteiger partial charge on any atom is 0.242 e. The summed E-state index contributed by atoms with van der Waals surface area (Å²) in [6, 6.07) is 0.280. The Kier molecular flexibility index (Phi) is 3.52. The molecule has 3 rings (SSSR count). The molecule has 1 amide bonds. The number of rotatable bonds is 4. The van der Waals surface area contributed by atoms with Gasteiger partial charge in [0.25, 0.3) is 0 Å². The van der Waals surface area contributed by atoms with Crippen molar-refractivity contribution in [1.29, 1.82) is 0 Å². The van der Waals surface area contributed by atoms with Crippen molar-refractivity contribution >= 4 is 5.91 Å². The van der Waals surface area contributed by atoms with Crippen LogP contribution in [0.1, 0.15) is 44.3 Å². The SMILES string of the molecule is Cc1nc(C)n(CC(=O)N[C@H](C)[C@H]2C[C@H]3CC[C@H]2C3)n1. The first-order valence-corrected chi connectivity index (χ1v) is 7.70. The maximum atomic E-state index is 12.1. The molecule has 1 N–H and O–H groups in total. The van der Waals surface area contributed by atoms with Gasteiger partial charge in [-0.3, -0.25) is 4.79 Å². The topological polar surface area (TPSA) is 59.8 Å². The van der Waals surface area contributed by atoms with Crippen LogP contribution in [0.5, 0.6) is 0 Å². The lowest BCUT2D eigenvalue weighted by Gasteiger charge is -2.28. The Morgan fingerprint density at radius 2 is 2.20 bits per heavy atom. The average Bonchev–Trinajstić information content (AvgIpc) is 3.05. The van der Waals surface area contributed by atoms with Gasteiger partial charge in [0.05, 0.1) is 0 Å². The minimum atomic E-state index is 0.0493.